The topological polar surface area (TPSA) is 573 Å². The fraction of sp³-hybridized carbons (Fsp3) is 0.652. The summed E-state index contributed by atoms with van der Waals surface area (Å²) in [6, 6.07) is 23.4. The Morgan fingerprint density at radius 3 is 0.821 bits per heavy atom. The third-order valence-corrected chi connectivity index (χ3v) is 21.1. The number of hydrogen-bond acceptors (Lipinski definition) is 51. The zero-order valence-electron chi connectivity index (χ0n) is 77.2. The van der Waals surface area contributed by atoms with E-state index in [0.717, 1.165) is 31.4 Å². The summed E-state index contributed by atoms with van der Waals surface area (Å²) >= 11 is 0. The molecular weight excluding hydrogens is 1880 g/mol. The molecule has 13 heterocycles. The highest BCUT2D eigenvalue weighted by molar-refractivity contribution is 5.66. The second kappa shape index (κ2) is 57.1. The van der Waals surface area contributed by atoms with Crippen molar-refractivity contribution in [3.63, 3.8) is 0 Å². The van der Waals surface area contributed by atoms with Crippen LogP contribution >= 0.6 is 0 Å². The van der Waals surface area contributed by atoms with Gasteiger partial charge in [0.25, 0.3) is 0 Å². The van der Waals surface area contributed by atoms with Crippen LogP contribution in [0.4, 0.5) is 62.3 Å². The van der Waals surface area contributed by atoms with E-state index in [4.69, 9.17) is 142 Å². The number of hydrogen-bond donors (Lipinski definition) is 0. The zero-order valence-corrected chi connectivity index (χ0v) is 77.2. The van der Waals surface area contributed by atoms with Gasteiger partial charge in [-0.3, -0.25) is 0 Å². The normalized spacial score (nSPS) is 24.8. The minimum Gasteiger partial charge on any atom is -0.490 e. The standard InChI is InChI=1S/C24H26O7.C18H26O12.C14H14O8.C12H18O8.C11H16O8.C10H14O8/c1-24(2,17-6-3-16(4-7-17)5-10-20-13-28-22(25)30-20)18-8-11-19(12-9-18)27-14-21-15-29-23(26)31-21;1-2-18(9-22-3-12-6-25-15(19)28-12,10-23-4-13-7-26-16(20)29-13)11-24-5-14-8-27-17(21)30-14;15-13-19-7-11(21-13)5-17-9-2-1-3-10(4-9)18-6-12-8-20-14(16)22-12;13-11-17-7-9(19-11)5-15-3-1-2-4-16-6-10-8-18-12(14)20-10;1-7(15-4-9-6-17-11(13)19-9)2-14-3-8-5-16-10(12)18-8;11-9-15-5-7(17-9)3-13-1-2-14-4-8-6-16-10(12)18-8/h3-4,6-9,11-12,20-21H,5,10,13-15H2,1-2H3;12-14H,2-11H2,1H3;1-4,11-12H,5-8H2;9-10H,1-8H2;7-9H,2-6H2,1H3;7-8H,1-6H2. The van der Waals surface area contributed by atoms with Crippen LogP contribution in [0.5, 0.6) is 17.2 Å². The van der Waals surface area contributed by atoms with Crippen LogP contribution in [0, 0.1) is 5.41 Å². The van der Waals surface area contributed by atoms with Gasteiger partial charge in [0, 0.05) is 30.1 Å². The van der Waals surface area contributed by atoms with Gasteiger partial charge in [-0.15, -0.1) is 0 Å². The smallest absolute Gasteiger partial charge is 0.490 e. The molecule has 0 aliphatic carbocycles. The first-order chi connectivity index (χ1) is 67.7. The summed E-state index contributed by atoms with van der Waals surface area (Å²) in [6.07, 6.45) is -9.63. The number of carbonyl (C=O) groups excluding carboxylic acids is 13. The molecule has 13 aliphatic heterocycles. The lowest BCUT2D eigenvalue weighted by Gasteiger charge is -2.32. The Bertz CT molecular complexity index is 4150. The third kappa shape index (κ3) is 39.5. The van der Waals surface area contributed by atoms with Crippen molar-refractivity contribution in [1.82, 2.24) is 0 Å². The first-order valence-electron chi connectivity index (χ1n) is 44.9. The van der Waals surface area contributed by atoms with Crippen LogP contribution in [-0.2, 0) is 178 Å². The van der Waals surface area contributed by atoms with Crippen LogP contribution in [0.2, 0.25) is 0 Å². The van der Waals surface area contributed by atoms with E-state index in [9.17, 15) is 62.3 Å². The minimum absolute atomic E-state index is 0.144. The number of aryl methyl sites for hydroxylation is 1. The van der Waals surface area contributed by atoms with Crippen LogP contribution in [0.3, 0.4) is 0 Å². The van der Waals surface area contributed by atoms with Crippen molar-refractivity contribution in [3.05, 3.63) is 89.5 Å². The average Bonchev–Trinajstić information content (AvgIpc) is 1.04. The van der Waals surface area contributed by atoms with Gasteiger partial charge in [0.15, 0.2) is 73.2 Å². The predicted octanol–water partition coefficient (Wildman–Crippen LogP) is 8.39. The van der Waals surface area contributed by atoms with Crippen LogP contribution in [0.15, 0.2) is 72.8 Å². The quantitative estimate of drug-likeness (QED) is 0.0291. The van der Waals surface area contributed by atoms with Crippen LogP contribution in [0.25, 0.3) is 0 Å². The molecule has 0 saturated carbocycles. The lowest BCUT2D eigenvalue weighted by molar-refractivity contribution is -0.0950. The van der Waals surface area contributed by atoms with Crippen molar-refractivity contribution in [2.75, 3.05) is 218 Å². The molecule has 13 aliphatic rings. The summed E-state index contributed by atoms with van der Waals surface area (Å²) in [7, 11) is 0. The molecule has 14 unspecified atom stereocenters. The van der Waals surface area contributed by atoms with Crippen molar-refractivity contribution < 1.29 is 242 Å². The number of cyclic esters (lactones) is 26. The van der Waals surface area contributed by atoms with Gasteiger partial charge in [-0.05, 0) is 80.0 Å². The van der Waals surface area contributed by atoms with Crippen LogP contribution in [-0.4, -0.2) is 384 Å². The van der Waals surface area contributed by atoms with Gasteiger partial charge in [-0.25, -0.2) is 62.3 Å². The molecular formula is C89H114O51. The number of benzene rings is 3. The molecule has 0 aromatic heterocycles. The number of unbranched alkanes of at least 4 members (excludes halogenated alkanes) is 1. The fourth-order valence-corrected chi connectivity index (χ4v) is 13.4. The zero-order chi connectivity index (χ0) is 99.3. The number of rotatable bonds is 50. The minimum atomic E-state index is -0.710. The van der Waals surface area contributed by atoms with Crippen molar-refractivity contribution >= 4 is 80.0 Å². The van der Waals surface area contributed by atoms with E-state index in [0.29, 0.717) is 70.8 Å². The summed E-state index contributed by atoms with van der Waals surface area (Å²) in [5, 5.41) is 0. The van der Waals surface area contributed by atoms with E-state index in [-0.39, 0.29) is 226 Å². The summed E-state index contributed by atoms with van der Waals surface area (Å²) in [5.41, 5.74) is 2.86. The largest absolute Gasteiger partial charge is 0.508 e. The van der Waals surface area contributed by atoms with Gasteiger partial charge in [-0.2, -0.15) is 0 Å². The Morgan fingerprint density at radius 2 is 0.536 bits per heavy atom. The van der Waals surface area contributed by atoms with E-state index >= 15 is 0 Å². The molecule has 3 aromatic carbocycles. The van der Waals surface area contributed by atoms with Gasteiger partial charge < -0.3 is 180 Å². The molecule has 0 amide bonds. The highest BCUT2D eigenvalue weighted by atomic mass is 16.8. The monoisotopic (exact) mass is 2000 g/mol. The van der Waals surface area contributed by atoms with Gasteiger partial charge in [0.1, 0.15) is 129 Å². The summed E-state index contributed by atoms with van der Waals surface area (Å²) in [5.74, 6) is 1.86. The predicted molar refractivity (Wildman–Crippen MR) is 451 cm³/mol. The summed E-state index contributed by atoms with van der Waals surface area (Å²) in [4.78, 5) is 140. The number of ether oxygens (including phenoxy) is 38. The number of carbonyl (C=O) groups is 13. The van der Waals surface area contributed by atoms with E-state index in [1.54, 1.807) is 24.3 Å². The maximum atomic E-state index is 11.0. The summed E-state index contributed by atoms with van der Waals surface area (Å²) < 4.78 is 190. The van der Waals surface area contributed by atoms with Gasteiger partial charge in [0.05, 0.1) is 105 Å². The van der Waals surface area contributed by atoms with Crippen molar-refractivity contribution in [1.29, 1.82) is 0 Å². The Labute approximate surface area is 800 Å². The maximum absolute atomic E-state index is 11.0. The molecule has 3 aromatic rings. The molecule has 0 N–H and O–H groups in total. The molecule has 51 heteroatoms. The van der Waals surface area contributed by atoms with Crippen LogP contribution < -0.4 is 14.2 Å². The van der Waals surface area contributed by atoms with Gasteiger partial charge in [-0.1, -0.05) is 63.2 Å². The van der Waals surface area contributed by atoms with Crippen molar-refractivity contribution in [3.8, 4) is 17.2 Å². The third-order valence-electron chi connectivity index (χ3n) is 21.1. The lowest BCUT2D eigenvalue weighted by Crippen LogP contribution is -2.39. The van der Waals surface area contributed by atoms with Crippen molar-refractivity contribution in [2.24, 2.45) is 5.41 Å². The van der Waals surface area contributed by atoms with Crippen LogP contribution in [0.1, 0.15) is 70.1 Å². The molecule has 51 nitrogen and oxygen atoms in total. The van der Waals surface area contributed by atoms with E-state index in [1.165, 1.54) is 16.7 Å². The second-order valence-corrected chi connectivity index (χ2v) is 32.8. The fourth-order valence-electron chi connectivity index (χ4n) is 13.4. The Kier molecular flexibility index (Phi) is 43.9. The molecule has 0 spiro atoms. The Balaban J connectivity index is 0.000000163. The highest BCUT2D eigenvalue weighted by Crippen LogP contribution is 2.34. The van der Waals surface area contributed by atoms with E-state index < -0.39 is 116 Å². The maximum Gasteiger partial charge on any atom is 0.508 e. The van der Waals surface area contributed by atoms with Gasteiger partial charge in [0.2, 0.25) is 0 Å². The molecule has 13 saturated heterocycles. The lowest BCUT2D eigenvalue weighted by atomic mass is 9.78. The first-order valence-corrected chi connectivity index (χ1v) is 44.9. The molecule has 16 rings (SSSR count). The Morgan fingerprint density at radius 1 is 0.286 bits per heavy atom. The molecule has 14 atom stereocenters. The van der Waals surface area contributed by atoms with Crippen molar-refractivity contribution in [2.45, 2.75) is 151 Å². The summed E-state index contributed by atoms with van der Waals surface area (Å²) in [6.45, 7) is 16.8. The molecule has 0 radical (unpaired) electrons. The highest BCUT2D eigenvalue weighted by Gasteiger charge is 2.39. The molecule has 140 heavy (non-hydrogen) atoms. The van der Waals surface area contributed by atoms with E-state index in [1.807, 2.05) is 26.0 Å². The van der Waals surface area contributed by atoms with E-state index in [2.05, 4.69) is 88.1 Å². The second-order valence-electron chi connectivity index (χ2n) is 32.8. The molecule has 776 valence electrons. The molecule has 0 bridgehead atoms. The molecule has 13 fully saturated rings. The SMILES string of the molecule is CC(C)(c1ccc(CCC2COC(=O)O2)cc1)c1ccc(OCC2COC(=O)O2)cc1.CC(COCC1COC(=O)O1)OCC1COC(=O)O1.CCC(COCC1COC(=O)O1)(COCC1COC(=O)O1)COCC1COC(=O)O1.O=C1OCC(COCCCCOCC2COC(=O)O2)O1.O=C1OCC(COCCOCC2COC(=O)O2)O1.O=C1OCC(COc2cccc(OCC3COC(=O)O3)c2)O1. The average molecular weight is 2000 g/mol. The Hall–Kier alpha value is -12.8. The van der Waals surface area contributed by atoms with Gasteiger partial charge >= 0.3 is 80.0 Å². The first kappa shape index (κ1) is 108.